The molecule has 1 aliphatic rings. The van der Waals surface area contributed by atoms with Gasteiger partial charge >= 0.3 is 0 Å². The molecular formula is C14H20N6O2S. The molecule has 1 saturated heterocycles. The first-order valence-electron chi connectivity index (χ1n) is 7.58. The fourth-order valence-electron chi connectivity index (χ4n) is 2.61. The summed E-state index contributed by atoms with van der Waals surface area (Å²) in [6.45, 7) is 5.79. The third-order valence-electron chi connectivity index (χ3n) is 4.03. The fraction of sp³-hybridized carbons (Fsp3) is 0.500. The molecule has 0 atom stereocenters. The van der Waals surface area contributed by atoms with Crippen LogP contribution in [0.15, 0.2) is 24.5 Å². The minimum atomic E-state index is -3.11. The highest BCUT2D eigenvalue weighted by Gasteiger charge is 2.26. The third-order valence-corrected chi connectivity index (χ3v) is 5.91. The van der Waals surface area contributed by atoms with E-state index in [1.165, 1.54) is 0 Å². The van der Waals surface area contributed by atoms with Crippen LogP contribution in [0.2, 0.25) is 0 Å². The number of nitrogens with zero attached hydrogens (tertiary/aromatic N) is 6. The van der Waals surface area contributed by atoms with Crippen LogP contribution < -0.4 is 4.90 Å². The van der Waals surface area contributed by atoms with Gasteiger partial charge in [-0.2, -0.15) is 4.31 Å². The molecule has 0 unspecified atom stereocenters. The molecule has 9 heteroatoms. The molecule has 124 valence electrons. The number of anilines is 1. The van der Waals surface area contributed by atoms with E-state index in [2.05, 4.69) is 20.1 Å². The second-order valence-corrected chi connectivity index (χ2v) is 7.64. The smallest absolute Gasteiger partial charge is 0.213 e. The summed E-state index contributed by atoms with van der Waals surface area (Å²) < 4.78 is 27.2. The van der Waals surface area contributed by atoms with E-state index in [0.29, 0.717) is 26.2 Å². The molecule has 0 N–H and O–H groups in total. The summed E-state index contributed by atoms with van der Waals surface area (Å²) in [4.78, 5) is 6.22. The third kappa shape index (κ3) is 3.20. The van der Waals surface area contributed by atoms with E-state index in [0.717, 1.165) is 17.5 Å². The quantitative estimate of drug-likeness (QED) is 0.806. The topological polar surface area (TPSA) is 84.2 Å². The lowest BCUT2D eigenvalue weighted by molar-refractivity contribution is 0.384. The Labute approximate surface area is 135 Å². The fourth-order valence-corrected chi connectivity index (χ4v) is 3.70. The van der Waals surface area contributed by atoms with E-state index in [-0.39, 0.29) is 5.75 Å². The Morgan fingerprint density at radius 2 is 1.74 bits per heavy atom. The van der Waals surface area contributed by atoms with Gasteiger partial charge in [0.25, 0.3) is 0 Å². The number of rotatable bonds is 4. The maximum absolute atomic E-state index is 11.9. The molecule has 1 fully saturated rings. The van der Waals surface area contributed by atoms with Gasteiger partial charge in [0, 0.05) is 38.6 Å². The van der Waals surface area contributed by atoms with Crippen molar-refractivity contribution in [2.75, 3.05) is 36.8 Å². The minimum absolute atomic E-state index is 0.145. The van der Waals surface area contributed by atoms with Crippen LogP contribution >= 0.6 is 0 Å². The Hall–Kier alpha value is -2.00. The molecular weight excluding hydrogens is 316 g/mol. The maximum Gasteiger partial charge on any atom is 0.213 e. The van der Waals surface area contributed by atoms with E-state index >= 15 is 0 Å². The zero-order valence-corrected chi connectivity index (χ0v) is 14.1. The number of aryl methyl sites for hydroxylation is 1. The molecule has 23 heavy (non-hydrogen) atoms. The Bertz CT molecular complexity index is 763. The van der Waals surface area contributed by atoms with Crippen molar-refractivity contribution in [3.63, 3.8) is 0 Å². The van der Waals surface area contributed by atoms with Crippen LogP contribution in [0.5, 0.6) is 0 Å². The highest BCUT2D eigenvalue weighted by Crippen LogP contribution is 2.16. The molecule has 0 aliphatic carbocycles. The minimum Gasteiger partial charge on any atom is -0.352 e. The highest BCUT2D eigenvalue weighted by molar-refractivity contribution is 7.89. The van der Waals surface area contributed by atoms with Crippen LogP contribution in [0.4, 0.5) is 5.82 Å². The largest absolute Gasteiger partial charge is 0.352 e. The first kappa shape index (κ1) is 15.9. The van der Waals surface area contributed by atoms with Gasteiger partial charge in [-0.05, 0) is 26.0 Å². The van der Waals surface area contributed by atoms with E-state index in [9.17, 15) is 8.42 Å². The Morgan fingerprint density at radius 1 is 1.09 bits per heavy atom. The van der Waals surface area contributed by atoms with E-state index in [1.54, 1.807) is 17.4 Å². The Morgan fingerprint density at radius 3 is 2.26 bits per heavy atom. The number of aromatic nitrogens is 4. The molecule has 2 aromatic rings. The van der Waals surface area contributed by atoms with Gasteiger partial charge < -0.3 is 4.90 Å². The molecule has 1 aliphatic heterocycles. The zero-order chi connectivity index (χ0) is 16.4. The standard InChI is InChI=1S/C14H20N6O2S/c1-3-23(21,22)19-10-8-18(9-11-19)13-4-5-14(17-16-13)20-7-6-15-12(20)2/h4-7H,3,8-11H2,1-2H3. The van der Waals surface area contributed by atoms with Crippen molar-refractivity contribution in [2.24, 2.45) is 0 Å². The van der Waals surface area contributed by atoms with Crippen LogP contribution in [0.3, 0.4) is 0 Å². The van der Waals surface area contributed by atoms with Gasteiger partial charge in [-0.1, -0.05) is 0 Å². The summed E-state index contributed by atoms with van der Waals surface area (Å²) in [5.74, 6) is 2.48. The van der Waals surface area contributed by atoms with E-state index < -0.39 is 10.0 Å². The predicted molar refractivity (Wildman–Crippen MR) is 87.1 cm³/mol. The number of imidazole rings is 1. The first-order chi connectivity index (χ1) is 11.0. The predicted octanol–water partition coefficient (Wildman–Crippen LogP) is 0.442. The van der Waals surface area contributed by atoms with E-state index in [4.69, 9.17) is 0 Å². The average molecular weight is 336 g/mol. The van der Waals surface area contributed by atoms with Crippen molar-refractivity contribution >= 4 is 15.8 Å². The number of piperazine rings is 1. The summed E-state index contributed by atoms with van der Waals surface area (Å²) in [6.07, 6.45) is 3.56. The van der Waals surface area contributed by atoms with Crippen molar-refractivity contribution in [3.05, 3.63) is 30.4 Å². The van der Waals surface area contributed by atoms with Gasteiger partial charge in [0.05, 0.1) is 5.75 Å². The van der Waals surface area contributed by atoms with Gasteiger partial charge in [-0.3, -0.25) is 4.57 Å². The molecule has 0 amide bonds. The van der Waals surface area contributed by atoms with Crippen molar-refractivity contribution in [1.29, 1.82) is 0 Å². The van der Waals surface area contributed by atoms with Crippen LogP contribution in [0, 0.1) is 6.92 Å². The summed E-state index contributed by atoms with van der Waals surface area (Å²) in [5, 5.41) is 8.51. The Balaban J connectivity index is 1.69. The summed E-state index contributed by atoms with van der Waals surface area (Å²) in [5.41, 5.74) is 0. The summed E-state index contributed by atoms with van der Waals surface area (Å²) in [7, 11) is -3.11. The van der Waals surface area contributed by atoms with Crippen LogP contribution in [0.25, 0.3) is 5.82 Å². The monoisotopic (exact) mass is 336 g/mol. The molecule has 3 heterocycles. The SMILES string of the molecule is CCS(=O)(=O)N1CCN(c2ccc(-n3ccnc3C)nn2)CC1. The molecule has 8 nitrogen and oxygen atoms in total. The van der Waals surface area contributed by atoms with Crippen LogP contribution in [-0.2, 0) is 10.0 Å². The maximum atomic E-state index is 11.9. The zero-order valence-electron chi connectivity index (χ0n) is 13.3. The van der Waals surface area contributed by atoms with Gasteiger partial charge in [0.2, 0.25) is 10.0 Å². The lowest BCUT2D eigenvalue weighted by atomic mass is 10.3. The van der Waals surface area contributed by atoms with E-state index in [1.807, 2.05) is 29.8 Å². The van der Waals surface area contributed by atoms with Crippen LogP contribution in [-0.4, -0.2) is 64.4 Å². The second-order valence-electron chi connectivity index (χ2n) is 5.38. The second kappa shape index (κ2) is 6.25. The van der Waals surface area contributed by atoms with Crippen LogP contribution in [0.1, 0.15) is 12.7 Å². The lowest BCUT2D eigenvalue weighted by Gasteiger charge is -2.34. The molecule has 0 saturated carbocycles. The normalized spacial score (nSPS) is 16.7. The average Bonchev–Trinajstić information content (AvgIpc) is 3.01. The molecule has 0 spiro atoms. The van der Waals surface area contributed by atoms with Crippen molar-refractivity contribution in [1.82, 2.24) is 24.1 Å². The molecule has 0 bridgehead atoms. The molecule has 3 rings (SSSR count). The summed E-state index contributed by atoms with van der Waals surface area (Å²) in [6, 6.07) is 3.80. The number of sulfonamides is 1. The lowest BCUT2D eigenvalue weighted by Crippen LogP contribution is -2.49. The van der Waals surface area contributed by atoms with Gasteiger partial charge in [-0.25, -0.2) is 13.4 Å². The van der Waals surface area contributed by atoms with Crippen molar-refractivity contribution < 1.29 is 8.42 Å². The van der Waals surface area contributed by atoms with Crippen molar-refractivity contribution in [3.8, 4) is 5.82 Å². The molecule has 0 aromatic carbocycles. The number of hydrogen-bond donors (Lipinski definition) is 0. The molecule has 0 radical (unpaired) electrons. The molecule has 2 aromatic heterocycles. The highest BCUT2D eigenvalue weighted by atomic mass is 32.2. The Kier molecular flexibility index (Phi) is 4.31. The first-order valence-corrected chi connectivity index (χ1v) is 9.19. The number of hydrogen-bond acceptors (Lipinski definition) is 6. The van der Waals surface area contributed by atoms with Gasteiger partial charge in [0.1, 0.15) is 5.82 Å². The van der Waals surface area contributed by atoms with Gasteiger partial charge in [-0.15, -0.1) is 10.2 Å². The summed E-state index contributed by atoms with van der Waals surface area (Å²) >= 11 is 0. The van der Waals surface area contributed by atoms with Crippen molar-refractivity contribution in [2.45, 2.75) is 13.8 Å². The van der Waals surface area contributed by atoms with Gasteiger partial charge in [0.15, 0.2) is 11.6 Å².